The molecular weight excluding hydrogens is 402 g/mol. The van der Waals surface area contributed by atoms with Crippen LogP contribution >= 0.6 is 0 Å². The van der Waals surface area contributed by atoms with E-state index in [-0.39, 0.29) is 45.2 Å². The summed E-state index contributed by atoms with van der Waals surface area (Å²) in [7, 11) is 0. The quantitative estimate of drug-likeness (QED) is 0.283. The summed E-state index contributed by atoms with van der Waals surface area (Å²) in [5.41, 5.74) is 2.00. The van der Waals surface area contributed by atoms with Crippen molar-refractivity contribution in [3.05, 3.63) is 73.6 Å². The molecule has 0 saturated carbocycles. The summed E-state index contributed by atoms with van der Waals surface area (Å²) in [5.74, 6) is 0. The van der Waals surface area contributed by atoms with Gasteiger partial charge in [0.15, 0.2) is 0 Å². The average Bonchev–Trinajstić information content (AvgIpc) is 3.08. The number of pyridine rings is 2. The van der Waals surface area contributed by atoms with Crippen LogP contribution in [0.25, 0.3) is 11.3 Å². The van der Waals surface area contributed by atoms with Crippen molar-refractivity contribution in [1.82, 2.24) is 18.8 Å². The zero-order chi connectivity index (χ0) is 12.2. The molecule has 4 heterocycles. The van der Waals surface area contributed by atoms with E-state index in [4.69, 9.17) is 0 Å². The first kappa shape index (κ1) is 19.6. The van der Waals surface area contributed by atoms with Gasteiger partial charge in [-0.2, -0.15) is 0 Å². The van der Waals surface area contributed by atoms with Crippen LogP contribution in [0.2, 0.25) is 0 Å². The van der Waals surface area contributed by atoms with Crippen molar-refractivity contribution in [3.63, 3.8) is 0 Å². The summed E-state index contributed by atoms with van der Waals surface area (Å²) in [6.07, 6.45) is 11.4. The van der Waals surface area contributed by atoms with Gasteiger partial charge in [0.1, 0.15) is 11.3 Å². The van der Waals surface area contributed by atoms with Crippen LogP contribution in [0.1, 0.15) is 0 Å². The molecule has 21 heavy (non-hydrogen) atoms. The van der Waals surface area contributed by atoms with Gasteiger partial charge >= 0.3 is 20.4 Å². The van der Waals surface area contributed by atoms with Crippen LogP contribution < -0.4 is 24.8 Å². The molecule has 0 unspecified atom stereocenters. The van der Waals surface area contributed by atoms with Gasteiger partial charge in [-0.15, -0.1) is 0 Å². The number of rotatable bonds is 0. The van der Waals surface area contributed by atoms with Gasteiger partial charge in [0, 0.05) is 37.2 Å². The summed E-state index contributed by atoms with van der Waals surface area (Å²) < 4.78 is 3.94. The molecule has 0 saturated heterocycles. The molecule has 4 aromatic rings. The Balaban J connectivity index is 0.000000333. The van der Waals surface area contributed by atoms with Crippen LogP contribution in [0.3, 0.4) is 0 Å². The van der Waals surface area contributed by atoms with Crippen LogP contribution in [0.15, 0.2) is 73.6 Å². The topological polar surface area (TPSA) is 34.6 Å². The molecule has 7 heteroatoms. The normalized spacial score (nSPS) is 8.76. The predicted molar refractivity (Wildman–Crippen MR) is 70.4 cm³/mol. The molecule has 0 amide bonds. The second-order valence-corrected chi connectivity index (χ2v) is 3.79. The fourth-order valence-corrected chi connectivity index (χ4v) is 1.73. The summed E-state index contributed by atoms with van der Waals surface area (Å²) in [5, 5.41) is 0. The summed E-state index contributed by atoms with van der Waals surface area (Å²) >= 11 is 0. The second kappa shape index (κ2) is 9.54. The minimum atomic E-state index is 0. The molecular formula is C14H12Cl2N4Pd. The molecule has 0 aliphatic heterocycles. The van der Waals surface area contributed by atoms with Crippen molar-refractivity contribution in [1.29, 1.82) is 0 Å². The van der Waals surface area contributed by atoms with Crippen LogP contribution in [0.4, 0.5) is 0 Å². The van der Waals surface area contributed by atoms with E-state index in [1.54, 1.807) is 12.4 Å². The Bertz CT molecular complexity index is 643. The second-order valence-electron chi connectivity index (χ2n) is 3.79. The summed E-state index contributed by atoms with van der Waals surface area (Å²) in [4.78, 5) is 8.16. The van der Waals surface area contributed by atoms with Gasteiger partial charge in [-0.3, -0.25) is 0 Å². The number of hydrogen-bond donors (Lipinski definition) is 0. The van der Waals surface area contributed by atoms with Crippen molar-refractivity contribution in [3.8, 4) is 0 Å². The van der Waals surface area contributed by atoms with Gasteiger partial charge < -0.3 is 33.6 Å². The van der Waals surface area contributed by atoms with Gasteiger partial charge in [0.05, 0.1) is 0 Å². The molecule has 0 atom stereocenters. The SMILES string of the molecule is [Cl-].[Cl-].[Pd+2].c1ccn2ccnc2c1.c1ccn2ccnc2c1. The Morgan fingerprint density at radius 3 is 1.43 bits per heavy atom. The Morgan fingerprint density at radius 2 is 1.05 bits per heavy atom. The Morgan fingerprint density at radius 1 is 0.619 bits per heavy atom. The third-order valence-corrected chi connectivity index (χ3v) is 2.60. The van der Waals surface area contributed by atoms with Crippen molar-refractivity contribution < 1.29 is 45.2 Å². The molecule has 0 fully saturated rings. The molecule has 0 N–H and O–H groups in total. The third-order valence-electron chi connectivity index (χ3n) is 2.60. The van der Waals surface area contributed by atoms with E-state index in [0.717, 1.165) is 11.3 Å². The molecule has 0 aliphatic carbocycles. The number of halogens is 2. The number of nitrogens with zero attached hydrogens (tertiary/aromatic N) is 4. The molecule has 0 bridgehead atoms. The van der Waals surface area contributed by atoms with Crippen molar-refractivity contribution in [2.45, 2.75) is 0 Å². The minimum Gasteiger partial charge on any atom is -1.00 e. The molecule has 0 aliphatic rings. The zero-order valence-corrected chi connectivity index (χ0v) is 13.9. The molecule has 0 spiro atoms. The van der Waals surface area contributed by atoms with Gasteiger partial charge in [-0.25, -0.2) is 9.97 Å². The van der Waals surface area contributed by atoms with E-state index in [9.17, 15) is 0 Å². The maximum atomic E-state index is 4.08. The first-order valence-electron chi connectivity index (χ1n) is 5.69. The van der Waals surface area contributed by atoms with Gasteiger partial charge in [-0.1, -0.05) is 12.1 Å². The minimum absolute atomic E-state index is 0. The number of fused-ring (bicyclic) bond motifs is 2. The van der Waals surface area contributed by atoms with E-state index < -0.39 is 0 Å². The molecule has 4 rings (SSSR count). The van der Waals surface area contributed by atoms with Crippen LogP contribution in [-0.4, -0.2) is 18.8 Å². The van der Waals surface area contributed by atoms with E-state index in [1.165, 1.54) is 0 Å². The van der Waals surface area contributed by atoms with Crippen LogP contribution in [0.5, 0.6) is 0 Å². The van der Waals surface area contributed by atoms with Crippen LogP contribution in [0, 0.1) is 0 Å². The maximum absolute atomic E-state index is 4.08. The number of hydrogen-bond acceptors (Lipinski definition) is 2. The Labute approximate surface area is 148 Å². The largest absolute Gasteiger partial charge is 2.00 e. The average molecular weight is 414 g/mol. The molecule has 0 radical (unpaired) electrons. The van der Waals surface area contributed by atoms with E-state index in [0.29, 0.717) is 0 Å². The zero-order valence-electron chi connectivity index (χ0n) is 10.8. The smallest absolute Gasteiger partial charge is 1.00 e. The molecule has 4 nitrogen and oxygen atoms in total. The van der Waals surface area contributed by atoms with Crippen molar-refractivity contribution in [2.75, 3.05) is 0 Å². The molecule has 0 aromatic carbocycles. The molecule has 112 valence electrons. The Kier molecular flexibility index (Phi) is 8.91. The van der Waals surface area contributed by atoms with E-state index in [2.05, 4.69) is 9.97 Å². The third kappa shape index (κ3) is 4.83. The van der Waals surface area contributed by atoms with E-state index in [1.807, 2.05) is 70.0 Å². The van der Waals surface area contributed by atoms with Gasteiger partial charge in [0.2, 0.25) is 0 Å². The van der Waals surface area contributed by atoms with Crippen LogP contribution in [-0.2, 0) is 20.4 Å². The maximum Gasteiger partial charge on any atom is 2.00 e. The van der Waals surface area contributed by atoms with E-state index >= 15 is 0 Å². The summed E-state index contributed by atoms with van der Waals surface area (Å²) in [6, 6.07) is 11.9. The first-order chi connectivity index (χ1) is 8.93. The number of imidazole rings is 2. The van der Waals surface area contributed by atoms with Crippen molar-refractivity contribution in [2.24, 2.45) is 0 Å². The predicted octanol–water partition coefficient (Wildman–Crippen LogP) is -3.33. The summed E-state index contributed by atoms with van der Waals surface area (Å²) in [6.45, 7) is 0. The first-order valence-corrected chi connectivity index (χ1v) is 5.69. The fourth-order valence-electron chi connectivity index (χ4n) is 1.73. The standard InChI is InChI=1S/2C7H6N2.2ClH.Pd/c2*1-2-5-9-6-4-8-7(9)3-1;;;/h2*1-6H;2*1H;/q;;;;+2/p-2. The van der Waals surface area contributed by atoms with Gasteiger partial charge in [0.25, 0.3) is 0 Å². The fraction of sp³-hybridized carbons (Fsp3) is 0. The monoisotopic (exact) mass is 412 g/mol. The number of aromatic nitrogens is 4. The molecule has 4 aromatic heterocycles. The van der Waals surface area contributed by atoms with Crippen molar-refractivity contribution >= 4 is 11.3 Å². The Hall–Kier alpha value is -1.38. The van der Waals surface area contributed by atoms with Gasteiger partial charge in [-0.05, 0) is 24.3 Å².